The molecule has 5 atom stereocenters. The SMILES string of the molecule is C[C@@H]1CC(NC[C@H]2CCO[C@@H]2C(C)(C)C)C[C@H](C)O1. The average molecular weight is 269 g/mol. The molecule has 0 bridgehead atoms. The van der Waals surface area contributed by atoms with Crippen molar-refractivity contribution in [3.63, 3.8) is 0 Å². The molecule has 0 aromatic rings. The molecule has 1 unspecified atom stereocenters. The Hall–Kier alpha value is -0.120. The summed E-state index contributed by atoms with van der Waals surface area (Å²) in [6.45, 7) is 13.2. The molecule has 2 rings (SSSR count). The van der Waals surface area contributed by atoms with E-state index in [0.29, 0.717) is 30.3 Å². The Morgan fingerprint density at radius 2 is 1.74 bits per heavy atom. The lowest BCUT2D eigenvalue weighted by molar-refractivity contribution is -0.0439. The van der Waals surface area contributed by atoms with Crippen LogP contribution in [0, 0.1) is 11.3 Å². The molecule has 0 aliphatic carbocycles. The number of nitrogens with one attached hydrogen (secondary N) is 1. The molecule has 2 saturated heterocycles. The summed E-state index contributed by atoms with van der Waals surface area (Å²) in [5.74, 6) is 0.661. The third-order valence-electron chi connectivity index (χ3n) is 4.43. The van der Waals surface area contributed by atoms with Crippen molar-refractivity contribution >= 4 is 0 Å². The first-order valence-corrected chi connectivity index (χ1v) is 7.86. The van der Waals surface area contributed by atoms with Gasteiger partial charge in [0.2, 0.25) is 0 Å². The van der Waals surface area contributed by atoms with Crippen LogP contribution in [0.4, 0.5) is 0 Å². The van der Waals surface area contributed by atoms with Crippen LogP contribution in [-0.2, 0) is 9.47 Å². The van der Waals surface area contributed by atoms with Crippen molar-refractivity contribution in [3.8, 4) is 0 Å². The van der Waals surface area contributed by atoms with E-state index in [1.165, 1.54) is 6.42 Å². The van der Waals surface area contributed by atoms with E-state index in [2.05, 4.69) is 39.9 Å². The summed E-state index contributed by atoms with van der Waals surface area (Å²) >= 11 is 0. The summed E-state index contributed by atoms with van der Waals surface area (Å²) in [5.41, 5.74) is 0.249. The Balaban J connectivity index is 1.81. The molecule has 3 heteroatoms. The zero-order valence-electron chi connectivity index (χ0n) is 13.2. The summed E-state index contributed by atoms with van der Waals surface area (Å²) in [7, 11) is 0. The Morgan fingerprint density at radius 3 is 2.32 bits per heavy atom. The standard InChI is InChI=1S/C16H31NO2/c1-11-8-14(9-12(2)19-11)17-10-13-6-7-18-15(13)16(3,4)5/h11-15,17H,6-10H2,1-5H3/t11-,12+,13-,14?,15+/m1/s1. The molecule has 0 spiro atoms. The Kier molecular flexibility index (Phi) is 4.91. The fraction of sp³-hybridized carbons (Fsp3) is 1.00. The topological polar surface area (TPSA) is 30.5 Å². The van der Waals surface area contributed by atoms with Crippen LogP contribution in [0.3, 0.4) is 0 Å². The van der Waals surface area contributed by atoms with Crippen molar-refractivity contribution in [1.29, 1.82) is 0 Å². The first-order chi connectivity index (χ1) is 8.86. The van der Waals surface area contributed by atoms with Gasteiger partial charge in [-0.2, -0.15) is 0 Å². The summed E-state index contributed by atoms with van der Waals surface area (Å²) in [6, 6.07) is 0.611. The Morgan fingerprint density at radius 1 is 1.11 bits per heavy atom. The van der Waals surface area contributed by atoms with Crippen molar-refractivity contribution in [2.45, 2.75) is 78.2 Å². The van der Waals surface area contributed by atoms with Crippen LogP contribution >= 0.6 is 0 Å². The van der Waals surface area contributed by atoms with Crippen LogP contribution in [0.1, 0.15) is 53.9 Å². The number of ether oxygens (including phenoxy) is 2. The van der Waals surface area contributed by atoms with Gasteiger partial charge < -0.3 is 14.8 Å². The maximum atomic E-state index is 5.95. The molecule has 0 amide bonds. The molecular formula is C16H31NO2. The molecule has 0 saturated carbocycles. The predicted molar refractivity (Wildman–Crippen MR) is 78.3 cm³/mol. The van der Waals surface area contributed by atoms with E-state index in [1.54, 1.807) is 0 Å². The van der Waals surface area contributed by atoms with Gasteiger partial charge in [0.05, 0.1) is 18.3 Å². The van der Waals surface area contributed by atoms with E-state index >= 15 is 0 Å². The van der Waals surface area contributed by atoms with Crippen LogP contribution < -0.4 is 5.32 Å². The van der Waals surface area contributed by atoms with E-state index in [9.17, 15) is 0 Å². The van der Waals surface area contributed by atoms with Crippen molar-refractivity contribution < 1.29 is 9.47 Å². The molecule has 0 aromatic carbocycles. The highest BCUT2D eigenvalue weighted by molar-refractivity contribution is 4.88. The van der Waals surface area contributed by atoms with Crippen LogP contribution in [0.25, 0.3) is 0 Å². The van der Waals surface area contributed by atoms with Crippen LogP contribution in [0.15, 0.2) is 0 Å². The zero-order valence-corrected chi connectivity index (χ0v) is 13.2. The molecule has 2 fully saturated rings. The van der Waals surface area contributed by atoms with Gasteiger partial charge in [-0.1, -0.05) is 20.8 Å². The van der Waals surface area contributed by atoms with E-state index < -0.39 is 0 Å². The highest BCUT2D eigenvalue weighted by atomic mass is 16.5. The molecule has 2 aliphatic rings. The van der Waals surface area contributed by atoms with Crippen molar-refractivity contribution in [2.24, 2.45) is 11.3 Å². The molecule has 1 N–H and O–H groups in total. The first-order valence-electron chi connectivity index (χ1n) is 7.86. The number of hydrogen-bond acceptors (Lipinski definition) is 3. The lowest BCUT2D eigenvalue weighted by atomic mass is 9.81. The highest BCUT2D eigenvalue weighted by Gasteiger charge is 2.37. The second-order valence-corrected chi connectivity index (χ2v) is 7.54. The molecule has 0 radical (unpaired) electrons. The monoisotopic (exact) mass is 269 g/mol. The Bertz CT molecular complexity index is 277. The van der Waals surface area contributed by atoms with Gasteiger partial charge in [0.25, 0.3) is 0 Å². The second-order valence-electron chi connectivity index (χ2n) is 7.54. The van der Waals surface area contributed by atoms with Crippen molar-refractivity contribution in [3.05, 3.63) is 0 Å². The number of hydrogen-bond donors (Lipinski definition) is 1. The molecule has 19 heavy (non-hydrogen) atoms. The minimum absolute atomic E-state index is 0.249. The van der Waals surface area contributed by atoms with Crippen molar-refractivity contribution in [2.75, 3.05) is 13.2 Å². The fourth-order valence-corrected chi connectivity index (χ4v) is 3.69. The summed E-state index contributed by atoms with van der Waals surface area (Å²) in [6.07, 6.45) is 4.65. The molecule has 2 heterocycles. The van der Waals surface area contributed by atoms with E-state index in [4.69, 9.17) is 9.47 Å². The molecule has 112 valence electrons. The molecular weight excluding hydrogens is 238 g/mol. The maximum absolute atomic E-state index is 5.95. The quantitative estimate of drug-likeness (QED) is 0.854. The van der Waals surface area contributed by atoms with Gasteiger partial charge in [0, 0.05) is 25.1 Å². The largest absolute Gasteiger partial charge is 0.377 e. The summed E-state index contributed by atoms with van der Waals surface area (Å²) < 4.78 is 11.7. The van der Waals surface area contributed by atoms with Gasteiger partial charge >= 0.3 is 0 Å². The fourth-order valence-electron chi connectivity index (χ4n) is 3.69. The molecule has 0 aromatic heterocycles. The van der Waals surface area contributed by atoms with E-state index in [1.807, 2.05) is 0 Å². The van der Waals surface area contributed by atoms with Crippen LogP contribution in [-0.4, -0.2) is 37.5 Å². The average Bonchev–Trinajstić information content (AvgIpc) is 2.72. The minimum Gasteiger partial charge on any atom is -0.377 e. The third-order valence-corrected chi connectivity index (χ3v) is 4.43. The Labute approximate surface area is 118 Å². The third kappa shape index (κ3) is 4.17. The highest BCUT2D eigenvalue weighted by Crippen LogP contribution is 2.34. The van der Waals surface area contributed by atoms with Gasteiger partial charge in [0.1, 0.15) is 0 Å². The maximum Gasteiger partial charge on any atom is 0.0664 e. The summed E-state index contributed by atoms with van der Waals surface area (Å²) in [5, 5.41) is 3.77. The van der Waals surface area contributed by atoms with Gasteiger partial charge in [-0.15, -0.1) is 0 Å². The van der Waals surface area contributed by atoms with Gasteiger partial charge in [-0.05, 0) is 38.5 Å². The number of rotatable bonds is 3. The van der Waals surface area contributed by atoms with E-state index in [0.717, 1.165) is 26.0 Å². The van der Waals surface area contributed by atoms with E-state index in [-0.39, 0.29) is 5.41 Å². The molecule has 2 aliphatic heterocycles. The van der Waals surface area contributed by atoms with Gasteiger partial charge in [-0.3, -0.25) is 0 Å². The lowest BCUT2D eigenvalue weighted by Crippen LogP contribution is -2.45. The van der Waals surface area contributed by atoms with Crippen LogP contribution in [0.5, 0.6) is 0 Å². The smallest absolute Gasteiger partial charge is 0.0664 e. The zero-order chi connectivity index (χ0) is 14.0. The van der Waals surface area contributed by atoms with Crippen molar-refractivity contribution in [1.82, 2.24) is 5.32 Å². The lowest BCUT2D eigenvalue weighted by Gasteiger charge is -2.35. The predicted octanol–water partition coefficient (Wildman–Crippen LogP) is 2.98. The summed E-state index contributed by atoms with van der Waals surface area (Å²) in [4.78, 5) is 0. The van der Waals surface area contributed by atoms with Crippen LogP contribution in [0.2, 0.25) is 0 Å². The normalized spacial score (nSPS) is 40.6. The van der Waals surface area contributed by atoms with Gasteiger partial charge in [0.15, 0.2) is 0 Å². The minimum atomic E-state index is 0.249. The second kappa shape index (κ2) is 6.11. The van der Waals surface area contributed by atoms with Gasteiger partial charge in [-0.25, -0.2) is 0 Å². The first kappa shape index (κ1) is 15.3. The molecule has 3 nitrogen and oxygen atoms in total.